The Bertz CT molecular complexity index is 904. The SMILES string of the molecule is CCCCC/C=C/C=C/CCCCCCCCC(=O)OC(CCCCCCCCCC)CC(=O)NC(CO)C(O)CCCCCCCCCCCCCCCCC. The average Bonchev–Trinajstić information content (AvgIpc) is 3.20. The van der Waals surface area contributed by atoms with Crippen LogP contribution in [-0.2, 0) is 14.3 Å². The summed E-state index contributed by atoms with van der Waals surface area (Å²) in [5.41, 5.74) is 0. The minimum absolute atomic E-state index is 0.0769. The van der Waals surface area contributed by atoms with Crippen molar-refractivity contribution < 1.29 is 24.5 Å². The molecule has 0 aromatic rings. The molecule has 3 N–H and O–H groups in total. The van der Waals surface area contributed by atoms with Gasteiger partial charge in [-0.2, -0.15) is 0 Å². The number of carbonyl (C=O) groups is 2. The minimum atomic E-state index is -0.784. The van der Waals surface area contributed by atoms with Gasteiger partial charge < -0.3 is 20.3 Å². The van der Waals surface area contributed by atoms with Crippen molar-refractivity contribution in [1.82, 2.24) is 5.32 Å². The molecule has 57 heavy (non-hydrogen) atoms. The minimum Gasteiger partial charge on any atom is -0.462 e. The van der Waals surface area contributed by atoms with Gasteiger partial charge in [0.1, 0.15) is 6.10 Å². The molecule has 0 saturated heterocycles. The van der Waals surface area contributed by atoms with E-state index in [0.717, 1.165) is 51.4 Å². The number of rotatable bonds is 45. The largest absolute Gasteiger partial charge is 0.462 e. The molecule has 0 aromatic heterocycles. The highest BCUT2D eigenvalue weighted by molar-refractivity contribution is 5.77. The molecular formula is C51H97NO5. The lowest BCUT2D eigenvalue weighted by Gasteiger charge is -2.24. The van der Waals surface area contributed by atoms with E-state index in [4.69, 9.17) is 4.74 Å². The van der Waals surface area contributed by atoms with Gasteiger partial charge in [0.2, 0.25) is 5.91 Å². The van der Waals surface area contributed by atoms with Crippen LogP contribution in [0.3, 0.4) is 0 Å². The lowest BCUT2D eigenvalue weighted by atomic mass is 10.0. The van der Waals surface area contributed by atoms with Crippen LogP contribution in [0.1, 0.15) is 265 Å². The van der Waals surface area contributed by atoms with Gasteiger partial charge in [0.15, 0.2) is 0 Å². The van der Waals surface area contributed by atoms with Gasteiger partial charge in [0, 0.05) is 6.42 Å². The van der Waals surface area contributed by atoms with Gasteiger partial charge >= 0.3 is 5.97 Å². The Kier molecular flexibility index (Phi) is 44.1. The molecule has 0 aliphatic rings. The third-order valence-electron chi connectivity index (χ3n) is 11.6. The van der Waals surface area contributed by atoms with Gasteiger partial charge in [0.05, 0.1) is 25.2 Å². The van der Waals surface area contributed by atoms with E-state index in [1.165, 1.54) is 167 Å². The molecule has 0 aliphatic carbocycles. The molecule has 0 aliphatic heterocycles. The first-order valence-corrected chi connectivity index (χ1v) is 25.1. The van der Waals surface area contributed by atoms with Crippen molar-refractivity contribution in [1.29, 1.82) is 0 Å². The van der Waals surface area contributed by atoms with E-state index < -0.39 is 18.2 Å². The molecular weight excluding hydrogens is 707 g/mol. The standard InChI is InChI=1S/C51H97NO5/c1-4-7-10-13-16-19-21-23-25-27-29-31-34-37-40-43-49(54)48(46-53)52-50(55)45-47(42-39-36-33-18-15-12-9-6-3)57-51(56)44-41-38-35-32-30-28-26-24-22-20-17-14-11-8-5-2/h17,20,22,24,47-49,53-54H,4-16,18-19,21,23,25-46H2,1-3H3,(H,52,55)/b20-17+,24-22+. The molecule has 0 saturated carbocycles. The van der Waals surface area contributed by atoms with Gasteiger partial charge in [-0.3, -0.25) is 9.59 Å². The van der Waals surface area contributed by atoms with E-state index in [2.05, 4.69) is 50.4 Å². The second-order valence-electron chi connectivity index (χ2n) is 17.3. The molecule has 0 rings (SSSR count). The first kappa shape index (κ1) is 55.3. The van der Waals surface area contributed by atoms with Crippen LogP contribution >= 0.6 is 0 Å². The van der Waals surface area contributed by atoms with Crippen molar-refractivity contribution in [2.75, 3.05) is 6.61 Å². The fraction of sp³-hybridized carbons (Fsp3) is 0.882. The Labute approximate surface area is 354 Å². The molecule has 6 heteroatoms. The highest BCUT2D eigenvalue weighted by Crippen LogP contribution is 2.18. The lowest BCUT2D eigenvalue weighted by molar-refractivity contribution is -0.151. The topological polar surface area (TPSA) is 95.9 Å². The summed E-state index contributed by atoms with van der Waals surface area (Å²) in [4.78, 5) is 26.0. The van der Waals surface area contributed by atoms with Crippen LogP contribution in [0.25, 0.3) is 0 Å². The molecule has 1 amide bonds. The predicted octanol–water partition coefficient (Wildman–Crippen LogP) is 14.7. The number of ether oxygens (including phenoxy) is 1. The number of unbranched alkanes of at least 4 members (excludes halogenated alkanes) is 30. The number of nitrogens with one attached hydrogen (secondary N) is 1. The molecule has 0 fully saturated rings. The number of aliphatic hydroxyl groups excluding tert-OH is 2. The number of esters is 1. The molecule has 3 unspecified atom stereocenters. The van der Waals surface area contributed by atoms with E-state index in [1.807, 2.05) is 0 Å². The Morgan fingerprint density at radius 3 is 1.33 bits per heavy atom. The summed E-state index contributed by atoms with van der Waals surface area (Å²) in [6.07, 6.45) is 51.0. The number of hydrogen-bond acceptors (Lipinski definition) is 5. The third-order valence-corrected chi connectivity index (χ3v) is 11.6. The molecule has 0 radical (unpaired) electrons. The zero-order valence-corrected chi connectivity index (χ0v) is 38.2. The molecule has 0 heterocycles. The monoisotopic (exact) mass is 804 g/mol. The second kappa shape index (κ2) is 45.4. The fourth-order valence-corrected chi connectivity index (χ4v) is 7.72. The van der Waals surface area contributed by atoms with Crippen LogP contribution in [-0.4, -0.2) is 46.9 Å². The van der Waals surface area contributed by atoms with E-state index in [0.29, 0.717) is 19.3 Å². The van der Waals surface area contributed by atoms with Gasteiger partial charge in [-0.15, -0.1) is 0 Å². The molecule has 6 nitrogen and oxygen atoms in total. The fourth-order valence-electron chi connectivity index (χ4n) is 7.72. The van der Waals surface area contributed by atoms with Crippen LogP contribution in [0.15, 0.2) is 24.3 Å². The molecule has 0 bridgehead atoms. The Morgan fingerprint density at radius 1 is 0.509 bits per heavy atom. The van der Waals surface area contributed by atoms with Crippen molar-refractivity contribution in [3.63, 3.8) is 0 Å². The van der Waals surface area contributed by atoms with Crippen LogP contribution in [0.2, 0.25) is 0 Å². The molecule has 3 atom stereocenters. The maximum atomic E-state index is 13.1. The maximum absolute atomic E-state index is 13.1. The van der Waals surface area contributed by atoms with Gasteiger partial charge in [-0.25, -0.2) is 0 Å². The molecule has 336 valence electrons. The van der Waals surface area contributed by atoms with Crippen LogP contribution < -0.4 is 5.32 Å². The number of aliphatic hydroxyl groups is 2. The van der Waals surface area contributed by atoms with E-state index >= 15 is 0 Å². The van der Waals surface area contributed by atoms with Crippen molar-refractivity contribution >= 4 is 11.9 Å². The normalized spacial score (nSPS) is 13.4. The summed E-state index contributed by atoms with van der Waals surface area (Å²) < 4.78 is 5.90. The summed E-state index contributed by atoms with van der Waals surface area (Å²) >= 11 is 0. The number of carbonyl (C=O) groups excluding carboxylic acids is 2. The molecule has 0 spiro atoms. The smallest absolute Gasteiger partial charge is 0.306 e. The van der Waals surface area contributed by atoms with E-state index in [9.17, 15) is 19.8 Å². The Hall–Kier alpha value is -1.66. The first-order valence-electron chi connectivity index (χ1n) is 25.1. The van der Waals surface area contributed by atoms with Crippen LogP contribution in [0, 0.1) is 0 Å². The quantitative estimate of drug-likeness (QED) is 0.0324. The highest BCUT2D eigenvalue weighted by Gasteiger charge is 2.24. The summed E-state index contributed by atoms with van der Waals surface area (Å²) in [5.74, 6) is -0.480. The Morgan fingerprint density at radius 2 is 0.877 bits per heavy atom. The van der Waals surface area contributed by atoms with Crippen molar-refractivity contribution in [3.8, 4) is 0 Å². The van der Waals surface area contributed by atoms with Crippen LogP contribution in [0.4, 0.5) is 0 Å². The predicted molar refractivity (Wildman–Crippen MR) is 246 cm³/mol. The second-order valence-corrected chi connectivity index (χ2v) is 17.3. The van der Waals surface area contributed by atoms with Crippen LogP contribution in [0.5, 0.6) is 0 Å². The summed E-state index contributed by atoms with van der Waals surface area (Å²) in [7, 11) is 0. The zero-order chi connectivity index (χ0) is 41.7. The zero-order valence-electron chi connectivity index (χ0n) is 38.2. The maximum Gasteiger partial charge on any atom is 0.306 e. The number of allylic oxidation sites excluding steroid dienone is 4. The van der Waals surface area contributed by atoms with E-state index in [1.54, 1.807) is 0 Å². The number of hydrogen-bond donors (Lipinski definition) is 3. The summed E-state index contributed by atoms with van der Waals surface area (Å²) in [6.45, 7) is 6.44. The average molecular weight is 804 g/mol. The van der Waals surface area contributed by atoms with E-state index in [-0.39, 0.29) is 24.9 Å². The van der Waals surface area contributed by atoms with Gasteiger partial charge in [0.25, 0.3) is 0 Å². The third kappa shape index (κ3) is 40.9. The summed E-state index contributed by atoms with van der Waals surface area (Å²) in [5, 5.41) is 23.7. The lowest BCUT2D eigenvalue weighted by Crippen LogP contribution is -2.46. The van der Waals surface area contributed by atoms with Crippen molar-refractivity contribution in [3.05, 3.63) is 24.3 Å². The summed E-state index contributed by atoms with van der Waals surface area (Å²) in [6, 6.07) is -0.697. The highest BCUT2D eigenvalue weighted by atomic mass is 16.5. The van der Waals surface area contributed by atoms with Crippen molar-refractivity contribution in [2.45, 2.75) is 283 Å². The van der Waals surface area contributed by atoms with Gasteiger partial charge in [-0.05, 0) is 51.4 Å². The van der Waals surface area contributed by atoms with Crippen molar-refractivity contribution in [2.24, 2.45) is 0 Å². The first-order chi connectivity index (χ1) is 28.0. The molecule has 0 aromatic carbocycles. The van der Waals surface area contributed by atoms with Gasteiger partial charge in [-0.1, -0.05) is 225 Å². The number of amides is 1. The Balaban J connectivity index is 4.42.